The summed E-state index contributed by atoms with van der Waals surface area (Å²) < 4.78 is 29.2. The molecule has 3 aromatic rings. The van der Waals surface area contributed by atoms with Crippen molar-refractivity contribution in [2.45, 2.75) is 26.1 Å². The van der Waals surface area contributed by atoms with Gasteiger partial charge < -0.3 is 18.8 Å². The van der Waals surface area contributed by atoms with Crippen molar-refractivity contribution >= 4 is 17.6 Å². The molecule has 30 heavy (non-hydrogen) atoms. The van der Waals surface area contributed by atoms with Crippen LogP contribution in [0.1, 0.15) is 28.8 Å². The van der Waals surface area contributed by atoms with Crippen LogP contribution in [0.15, 0.2) is 65.1 Å². The first-order valence-electron chi connectivity index (χ1n) is 9.58. The van der Waals surface area contributed by atoms with E-state index in [9.17, 15) is 14.0 Å². The molecule has 0 saturated carbocycles. The second-order valence-electron chi connectivity index (χ2n) is 6.92. The van der Waals surface area contributed by atoms with E-state index in [4.69, 9.17) is 13.9 Å². The second-order valence-corrected chi connectivity index (χ2v) is 6.92. The van der Waals surface area contributed by atoms with E-state index < -0.39 is 12.1 Å². The topological polar surface area (TPSA) is 69.0 Å². The van der Waals surface area contributed by atoms with Crippen LogP contribution >= 0.6 is 0 Å². The van der Waals surface area contributed by atoms with Gasteiger partial charge in [-0.1, -0.05) is 18.2 Å². The summed E-state index contributed by atoms with van der Waals surface area (Å²) in [6.45, 7) is 2.17. The Bertz CT molecular complexity index is 1060. The van der Waals surface area contributed by atoms with Crippen LogP contribution in [0.4, 0.5) is 10.1 Å². The van der Waals surface area contributed by atoms with E-state index in [0.29, 0.717) is 18.1 Å². The largest absolute Gasteiger partial charge is 0.486 e. The molecule has 2 heterocycles. The maximum absolute atomic E-state index is 12.9. The molecule has 0 saturated heterocycles. The van der Waals surface area contributed by atoms with Crippen LogP contribution in [0.25, 0.3) is 0 Å². The molecule has 154 valence electrons. The summed E-state index contributed by atoms with van der Waals surface area (Å²) in [5, 5.41) is 0. The highest BCUT2D eigenvalue weighted by molar-refractivity contribution is 6.00. The average molecular weight is 409 g/mol. The number of carbonyl (C=O) groups is 2. The van der Waals surface area contributed by atoms with Gasteiger partial charge in [-0.3, -0.25) is 4.79 Å². The lowest BCUT2D eigenvalue weighted by Crippen LogP contribution is -2.39. The van der Waals surface area contributed by atoms with E-state index in [1.54, 1.807) is 17.9 Å². The lowest BCUT2D eigenvalue weighted by atomic mass is 10.2. The summed E-state index contributed by atoms with van der Waals surface area (Å²) in [6, 6.07) is 16.3. The Labute approximate surface area is 172 Å². The molecule has 0 radical (unpaired) electrons. The monoisotopic (exact) mass is 409 g/mol. The Morgan fingerprint density at radius 2 is 1.87 bits per heavy atom. The minimum Gasteiger partial charge on any atom is -0.486 e. The van der Waals surface area contributed by atoms with Crippen LogP contribution in [0.3, 0.4) is 0 Å². The number of esters is 1. The fourth-order valence-electron chi connectivity index (χ4n) is 3.31. The Balaban J connectivity index is 1.34. The van der Waals surface area contributed by atoms with Gasteiger partial charge in [0.2, 0.25) is 5.76 Å². The maximum atomic E-state index is 12.9. The summed E-state index contributed by atoms with van der Waals surface area (Å²) in [5.74, 6) is -0.502. The van der Waals surface area contributed by atoms with Crippen LogP contribution in [0.2, 0.25) is 0 Å². The van der Waals surface area contributed by atoms with E-state index >= 15 is 0 Å². The van der Waals surface area contributed by atoms with E-state index in [-0.39, 0.29) is 24.1 Å². The highest BCUT2D eigenvalue weighted by Gasteiger charge is 2.30. The van der Waals surface area contributed by atoms with Gasteiger partial charge >= 0.3 is 5.97 Å². The average Bonchev–Trinajstić information content (AvgIpc) is 3.40. The number of halogens is 1. The summed E-state index contributed by atoms with van der Waals surface area (Å²) in [4.78, 5) is 26.7. The minimum absolute atomic E-state index is 0.0193. The fraction of sp³-hybridized carbons (Fsp3) is 0.217. The molecule has 2 aromatic carbocycles. The smallest absolute Gasteiger partial charge is 0.375 e. The summed E-state index contributed by atoms with van der Waals surface area (Å²) >= 11 is 0. The van der Waals surface area contributed by atoms with Crippen molar-refractivity contribution in [3.05, 3.63) is 83.6 Å². The molecule has 7 heteroatoms. The Hall–Kier alpha value is -3.61. The number of ether oxygens (including phenoxy) is 2. The number of para-hydroxylation sites is 1. The first-order chi connectivity index (χ1) is 14.5. The number of rotatable bonds is 6. The number of nitrogens with zero attached hydrogens (tertiary/aromatic N) is 1. The molecule has 1 atom stereocenters. The normalized spacial score (nSPS) is 13.6. The molecule has 1 aliphatic heterocycles. The molecule has 0 bridgehead atoms. The Morgan fingerprint density at radius 1 is 1.10 bits per heavy atom. The number of anilines is 1. The zero-order chi connectivity index (χ0) is 21.1. The predicted octanol–water partition coefficient (Wildman–Crippen LogP) is 4.13. The van der Waals surface area contributed by atoms with Gasteiger partial charge in [-0.2, -0.15) is 0 Å². The number of furan rings is 1. The molecule has 0 aliphatic carbocycles. The van der Waals surface area contributed by atoms with Crippen LogP contribution in [0.5, 0.6) is 5.75 Å². The van der Waals surface area contributed by atoms with Gasteiger partial charge in [-0.05, 0) is 61.4 Å². The summed E-state index contributed by atoms with van der Waals surface area (Å²) in [7, 11) is 0. The summed E-state index contributed by atoms with van der Waals surface area (Å²) in [5.41, 5.74) is 1.95. The number of fused-ring (bicyclic) bond motifs is 1. The molecule has 0 spiro atoms. The number of hydrogen-bond donors (Lipinski definition) is 0. The third-order valence-electron chi connectivity index (χ3n) is 4.84. The van der Waals surface area contributed by atoms with Crippen LogP contribution in [-0.2, 0) is 22.6 Å². The third kappa shape index (κ3) is 4.20. The summed E-state index contributed by atoms with van der Waals surface area (Å²) in [6.07, 6.45) is -0.175. The van der Waals surface area contributed by atoms with Crippen molar-refractivity contribution in [2.75, 3.05) is 11.4 Å². The first-order valence-corrected chi connectivity index (χ1v) is 9.58. The predicted molar refractivity (Wildman–Crippen MR) is 107 cm³/mol. The lowest BCUT2D eigenvalue weighted by molar-refractivity contribution is -0.126. The quantitative estimate of drug-likeness (QED) is 0.573. The molecule has 1 aliphatic rings. The molecule has 0 unspecified atom stereocenters. The van der Waals surface area contributed by atoms with Gasteiger partial charge in [0, 0.05) is 12.2 Å². The van der Waals surface area contributed by atoms with Gasteiger partial charge in [0.25, 0.3) is 5.91 Å². The van der Waals surface area contributed by atoms with E-state index in [1.807, 2.05) is 24.3 Å². The third-order valence-corrected chi connectivity index (χ3v) is 4.84. The number of hydrogen-bond acceptors (Lipinski definition) is 5. The van der Waals surface area contributed by atoms with Crippen LogP contribution in [-0.4, -0.2) is 24.5 Å². The molecule has 0 N–H and O–H groups in total. The maximum Gasteiger partial charge on any atom is 0.375 e. The van der Waals surface area contributed by atoms with Crippen LogP contribution < -0.4 is 9.64 Å². The Kier molecular flexibility index (Phi) is 5.52. The number of amides is 1. The van der Waals surface area contributed by atoms with Crippen LogP contribution in [0, 0.1) is 5.82 Å². The van der Waals surface area contributed by atoms with Crippen molar-refractivity contribution in [2.24, 2.45) is 0 Å². The highest BCUT2D eigenvalue weighted by atomic mass is 19.1. The van der Waals surface area contributed by atoms with Crippen molar-refractivity contribution in [3.8, 4) is 5.75 Å². The molecule has 0 fully saturated rings. The van der Waals surface area contributed by atoms with Crippen molar-refractivity contribution in [1.82, 2.24) is 0 Å². The van der Waals surface area contributed by atoms with Crippen molar-refractivity contribution < 1.29 is 27.9 Å². The molecule has 1 aromatic heterocycles. The second kappa shape index (κ2) is 8.41. The van der Waals surface area contributed by atoms with Gasteiger partial charge in [0.1, 0.15) is 23.9 Å². The zero-order valence-electron chi connectivity index (χ0n) is 16.3. The SMILES string of the molecule is C[C@@H](OC(=O)c1ccc(COc2ccc(F)cc2)o1)C(=O)N1CCc2ccccc21. The molecular formula is C23H20FNO5. The van der Waals surface area contributed by atoms with Gasteiger partial charge in [0.15, 0.2) is 6.10 Å². The van der Waals surface area contributed by atoms with E-state index in [0.717, 1.165) is 17.7 Å². The Morgan fingerprint density at radius 3 is 2.67 bits per heavy atom. The van der Waals surface area contributed by atoms with Gasteiger partial charge in [-0.15, -0.1) is 0 Å². The number of benzene rings is 2. The standard InChI is InChI=1S/C23H20FNO5/c1-15(22(26)25-13-12-16-4-2-3-5-20(16)25)29-23(27)21-11-10-19(30-21)14-28-18-8-6-17(24)7-9-18/h2-11,15H,12-14H2,1H3/t15-/m1/s1. The first kappa shape index (κ1) is 19.7. The minimum atomic E-state index is -0.951. The molecule has 1 amide bonds. The molecule has 6 nitrogen and oxygen atoms in total. The fourth-order valence-corrected chi connectivity index (χ4v) is 3.31. The molecular weight excluding hydrogens is 389 g/mol. The lowest BCUT2D eigenvalue weighted by Gasteiger charge is -2.21. The number of carbonyl (C=O) groups excluding carboxylic acids is 2. The van der Waals surface area contributed by atoms with E-state index in [1.165, 1.54) is 30.3 Å². The van der Waals surface area contributed by atoms with Crippen molar-refractivity contribution in [1.29, 1.82) is 0 Å². The van der Waals surface area contributed by atoms with E-state index in [2.05, 4.69) is 0 Å². The zero-order valence-corrected chi connectivity index (χ0v) is 16.3. The highest BCUT2D eigenvalue weighted by Crippen LogP contribution is 2.28. The van der Waals surface area contributed by atoms with Gasteiger partial charge in [0.05, 0.1) is 0 Å². The molecule has 4 rings (SSSR count). The van der Waals surface area contributed by atoms with Crippen molar-refractivity contribution in [3.63, 3.8) is 0 Å². The van der Waals surface area contributed by atoms with Gasteiger partial charge in [-0.25, -0.2) is 9.18 Å².